The van der Waals surface area contributed by atoms with E-state index in [9.17, 15) is 14.3 Å². The lowest BCUT2D eigenvalue weighted by atomic mass is 10.0. The summed E-state index contributed by atoms with van der Waals surface area (Å²) in [6.45, 7) is 0.482. The third-order valence-electron chi connectivity index (χ3n) is 3.72. The zero-order chi connectivity index (χ0) is 17.4. The van der Waals surface area contributed by atoms with E-state index in [1.807, 2.05) is 14.1 Å². The number of carbonyl (C=O) groups excluding carboxylic acids is 1. The van der Waals surface area contributed by atoms with Gasteiger partial charge in [-0.1, -0.05) is 17.7 Å². The van der Waals surface area contributed by atoms with Crippen molar-refractivity contribution < 1.29 is 23.9 Å². The van der Waals surface area contributed by atoms with Crippen LogP contribution in [0.3, 0.4) is 0 Å². The van der Waals surface area contributed by atoms with E-state index in [0.29, 0.717) is 23.4 Å². The van der Waals surface area contributed by atoms with Crippen LogP contribution in [0, 0.1) is 5.82 Å². The fourth-order valence-electron chi connectivity index (χ4n) is 2.60. The van der Waals surface area contributed by atoms with E-state index in [4.69, 9.17) is 16.3 Å². The first kappa shape index (κ1) is 16.5. The van der Waals surface area contributed by atoms with E-state index < -0.39 is 5.82 Å². The van der Waals surface area contributed by atoms with Gasteiger partial charge in [-0.15, -0.1) is 0 Å². The number of quaternary nitrogens is 1. The quantitative estimate of drug-likeness (QED) is 0.838. The number of hydrogen-bond donors (Lipinski definition) is 2. The second-order valence-electron chi connectivity index (χ2n) is 5.90. The van der Waals surface area contributed by atoms with Gasteiger partial charge in [0.25, 0.3) is 0 Å². The second kappa shape index (κ2) is 6.26. The predicted octanol–water partition coefficient (Wildman–Crippen LogP) is 2.45. The fraction of sp³-hybridized carbons (Fsp3) is 0.167. The van der Waals surface area contributed by atoms with Gasteiger partial charge in [0, 0.05) is 5.56 Å². The van der Waals surface area contributed by atoms with Crippen LogP contribution in [0.2, 0.25) is 5.02 Å². The number of fused-ring (bicyclic) bond motifs is 1. The molecule has 0 fully saturated rings. The highest BCUT2D eigenvalue weighted by molar-refractivity contribution is 6.32. The van der Waals surface area contributed by atoms with Crippen molar-refractivity contribution in [2.24, 2.45) is 0 Å². The zero-order valence-electron chi connectivity index (χ0n) is 13.2. The molecule has 3 rings (SSSR count). The number of phenolic OH excluding ortho intramolecular Hbond substituents is 1. The van der Waals surface area contributed by atoms with Crippen LogP contribution in [0.25, 0.3) is 6.08 Å². The van der Waals surface area contributed by atoms with Gasteiger partial charge in [0.05, 0.1) is 30.2 Å². The van der Waals surface area contributed by atoms with Gasteiger partial charge in [-0.2, -0.15) is 0 Å². The van der Waals surface area contributed by atoms with Crippen LogP contribution in [-0.4, -0.2) is 25.0 Å². The second-order valence-corrected chi connectivity index (χ2v) is 6.31. The largest absolute Gasteiger partial charge is 0.507 e. The summed E-state index contributed by atoms with van der Waals surface area (Å²) in [5.74, 6) is -0.534. The highest BCUT2D eigenvalue weighted by atomic mass is 35.5. The van der Waals surface area contributed by atoms with Crippen LogP contribution in [0.5, 0.6) is 11.5 Å². The maximum absolute atomic E-state index is 13.9. The molecule has 2 aromatic rings. The lowest BCUT2D eigenvalue weighted by molar-refractivity contribution is -0.872. The van der Waals surface area contributed by atoms with E-state index in [1.54, 1.807) is 0 Å². The number of allylic oxidation sites excluding steroid dienone is 1. The molecule has 1 aliphatic heterocycles. The average molecular weight is 349 g/mol. The maximum Gasteiger partial charge on any atom is 0.231 e. The number of nitrogens with one attached hydrogen (secondary N) is 1. The number of benzene rings is 2. The van der Waals surface area contributed by atoms with Crippen molar-refractivity contribution in [2.45, 2.75) is 6.54 Å². The van der Waals surface area contributed by atoms with Crippen LogP contribution in [0.15, 0.2) is 36.1 Å². The average Bonchev–Trinajstić information content (AvgIpc) is 2.82. The summed E-state index contributed by atoms with van der Waals surface area (Å²) >= 11 is 6.00. The third-order valence-corrected chi connectivity index (χ3v) is 4.05. The molecule has 0 spiro atoms. The first-order chi connectivity index (χ1) is 11.4. The normalized spacial score (nSPS) is 15.0. The molecular weight excluding hydrogens is 333 g/mol. The van der Waals surface area contributed by atoms with Gasteiger partial charge in [0.1, 0.15) is 18.1 Å². The third kappa shape index (κ3) is 2.88. The lowest BCUT2D eigenvalue weighted by Crippen LogP contribution is -3.04. The van der Waals surface area contributed by atoms with Crippen LogP contribution >= 0.6 is 11.6 Å². The van der Waals surface area contributed by atoms with Gasteiger partial charge in [0.15, 0.2) is 11.5 Å². The highest BCUT2D eigenvalue weighted by Crippen LogP contribution is 2.39. The molecular formula is C18H16ClFNO3+. The van der Waals surface area contributed by atoms with Gasteiger partial charge in [0.2, 0.25) is 5.78 Å². The Morgan fingerprint density at radius 3 is 2.71 bits per heavy atom. The topological polar surface area (TPSA) is 51.0 Å². The van der Waals surface area contributed by atoms with E-state index in [1.165, 1.54) is 36.4 Å². The Hall–Kier alpha value is -2.37. The Morgan fingerprint density at radius 1 is 1.29 bits per heavy atom. The number of ether oxygens (including phenoxy) is 1. The Labute approximate surface area is 143 Å². The minimum Gasteiger partial charge on any atom is -0.507 e. The van der Waals surface area contributed by atoms with Crippen LogP contribution in [0.1, 0.15) is 21.5 Å². The Kier molecular flexibility index (Phi) is 4.30. The predicted molar refractivity (Wildman–Crippen MR) is 89.0 cm³/mol. The number of carbonyl (C=O) groups is 1. The minimum absolute atomic E-state index is 0.0161. The number of Topliss-reactive ketones (excluding diaryl/α,β-unsaturated/α-hetero) is 1. The number of aromatic hydroxyl groups is 1. The van der Waals surface area contributed by atoms with Crippen molar-refractivity contribution in [3.05, 3.63) is 63.6 Å². The molecule has 24 heavy (non-hydrogen) atoms. The van der Waals surface area contributed by atoms with E-state index in [-0.39, 0.29) is 27.9 Å². The molecule has 0 aromatic heterocycles. The highest BCUT2D eigenvalue weighted by Gasteiger charge is 2.32. The summed E-state index contributed by atoms with van der Waals surface area (Å²) in [6, 6.07) is 7.26. The number of rotatable bonds is 3. The van der Waals surface area contributed by atoms with E-state index in [2.05, 4.69) is 0 Å². The molecule has 0 amide bonds. The molecule has 0 atom stereocenters. The zero-order valence-corrected chi connectivity index (χ0v) is 13.9. The molecule has 2 aromatic carbocycles. The summed E-state index contributed by atoms with van der Waals surface area (Å²) in [5, 5.41) is 10.3. The molecule has 2 N–H and O–H groups in total. The summed E-state index contributed by atoms with van der Waals surface area (Å²) in [7, 11) is 3.84. The summed E-state index contributed by atoms with van der Waals surface area (Å²) in [6.07, 6.45) is 1.29. The van der Waals surface area contributed by atoms with Gasteiger partial charge >= 0.3 is 0 Å². The molecule has 0 saturated carbocycles. The van der Waals surface area contributed by atoms with Crippen LogP contribution in [-0.2, 0) is 6.54 Å². The number of hydrogen-bond acceptors (Lipinski definition) is 3. The van der Waals surface area contributed by atoms with Gasteiger partial charge in [-0.3, -0.25) is 4.79 Å². The summed E-state index contributed by atoms with van der Waals surface area (Å²) in [5.41, 5.74) is 0.992. The summed E-state index contributed by atoms with van der Waals surface area (Å²) in [4.78, 5) is 13.6. The van der Waals surface area contributed by atoms with Crippen molar-refractivity contribution in [1.82, 2.24) is 0 Å². The summed E-state index contributed by atoms with van der Waals surface area (Å²) < 4.78 is 19.6. The van der Waals surface area contributed by atoms with Crippen LogP contribution < -0.4 is 9.64 Å². The van der Waals surface area contributed by atoms with Crippen molar-refractivity contribution >= 4 is 23.5 Å². The number of ketones is 1. The van der Waals surface area contributed by atoms with E-state index in [0.717, 1.165) is 4.90 Å². The molecule has 0 bridgehead atoms. The number of halogens is 2. The van der Waals surface area contributed by atoms with E-state index >= 15 is 0 Å². The molecule has 0 unspecified atom stereocenters. The molecule has 0 aliphatic carbocycles. The van der Waals surface area contributed by atoms with Crippen molar-refractivity contribution in [3.8, 4) is 11.5 Å². The SMILES string of the molecule is C[NH+](C)Cc1c(O)ccc2c1O/C(=C/c1c(F)cccc1Cl)C2=O. The molecule has 124 valence electrons. The van der Waals surface area contributed by atoms with Gasteiger partial charge in [-0.05, 0) is 30.3 Å². The first-order valence-corrected chi connectivity index (χ1v) is 7.78. The van der Waals surface area contributed by atoms with Crippen molar-refractivity contribution in [2.75, 3.05) is 14.1 Å². The van der Waals surface area contributed by atoms with Crippen molar-refractivity contribution in [3.63, 3.8) is 0 Å². The van der Waals surface area contributed by atoms with Gasteiger partial charge < -0.3 is 14.7 Å². The van der Waals surface area contributed by atoms with Gasteiger partial charge in [-0.25, -0.2) is 4.39 Å². The molecule has 1 aliphatic rings. The number of phenols is 1. The Bertz CT molecular complexity index is 841. The Morgan fingerprint density at radius 2 is 2.04 bits per heavy atom. The molecule has 0 saturated heterocycles. The molecule has 0 radical (unpaired) electrons. The van der Waals surface area contributed by atoms with Crippen LogP contribution in [0.4, 0.5) is 4.39 Å². The molecule has 1 heterocycles. The fourth-order valence-corrected chi connectivity index (χ4v) is 2.82. The standard InChI is InChI=1S/C18H15ClFNO3/c1-21(2)9-12-15(22)7-6-10-17(23)16(24-18(10)12)8-11-13(19)4-3-5-14(11)20/h3-8,22H,9H2,1-2H3/p+1/b16-8+. The Balaban J connectivity index is 2.07. The minimum atomic E-state index is -0.539. The monoisotopic (exact) mass is 348 g/mol. The molecule has 6 heteroatoms. The maximum atomic E-state index is 13.9. The smallest absolute Gasteiger partial charge is 0.231 e. The van der Waals surface area contributed by atoms with Crippen molar-refractivity contribution in [1.29, 1.82) is 0 Å². The molecule has 4 nitrogen and oxygen atoms in total. The first-order valence-electron chi connectivity index (χ1n) is 7.40. The lowest BCUT2D eigenvalue weighted by Gasteiger charge is -2.12.